The van der Waals surface area contributed by atoms with Crippen molar-refractivity contribution in [2.24, 2.45) is 0 Å². The van der Waals surface area contributed by atoms with Crippen LogP contribution in [0.3, 0.4) is 0 Å². The Morgan fingerprint density at radius 3 is 2.80 bits per heavy atom. The van der Waals surface area contributed by atoms with Crippen LogP contribution in [-0.2, 0) is 4.57 Å². The summed E-state index contributed by atoms with van der Waals surface area (Å²) in [5, 5.41) is 0. The topological polar surface area (TPSA) is 17.1 Å². The first-order valence-corrected chi connectivity index (χ1v) is 5.98. The van der Waals surface area contributed by atoms with E-state index in [1.165, 1.54) is 0 Å². The molecule has 1 aliphatic rings. The van der Waals surface area contributed by atoms with Gasteiger partial charge >= 0.3 is 0 Å². The van der Waals surface area contributed by atoms with Gasteiger partial charge in [0.05, 0.1) is 0 Å². The lowest BCUT2D eigenvalue weighted by molar-refractivity contribution is 0.572. The maximum atomic E-state index is 11.9. The van der Waals surface area contributed by atoms with Crippen molar-refractivity contribution in [2.45, 2.75) is 32.3 Å². The molecule has 0 N–H and O–H groups in total. The van der Waals surface area contributed by atoms with Gasteiger partial charge in [0.2, 0.25) is 0 Å². The lowest BCUT2D eigenvalue weighted by Crippen LogP contribution is -2.00. The third-order valence-electron chi connectivity index (χ3n) is 2.34. The van der Waals surface area contributed by atoms with Crippen molar-refractivity contribution < 1.29 is 4.57 Å². The molecular formula is C8H15OP. The van der Waals surface area contributed by atoms with Gasteiger partial charge in [-0.1, -0.05) is 19.9 Å². The van der Waals surface area contributed by atoms with Gasteiger partial charge < -0.3 is 4.57 Å². The van der Waals surface area contributed by atoms with Gasteiger partial charge in [-0.3, -0.25) is 0 Å². The molecule has 0 saturated carbocycles. The molecule has 0 fully saturated rings. The molecule has 1 rings (SSSR count). The van der Waals surface area contributed by atoms with Crippen molar-refractivity contribution >= 4 is 7.14 Å². The number of allylic oxidation sites excluding steroid dienone is 1. The fourth-order valence-electron chi connectivity index (χ4n) is 1.28. The highest BCUT2D eigenvalue weighted by Crippen LogP contribution is 2.56. The van der Waals surface area contributed by atoms with Crippen LogP contribution in [0.2, 0.25) is 0 Å². The normalized spacial score (nSPS) is 34.6. The van der Waals surface area contributed by atoms with E-state index in [2.05, 4.69) is 19.9 Å². The fraction of sp³-hybridized carbons (Fsp3) is 0.750. The van der Waals surface area contributed by atoms with Crippen LogP contribution in [0.25, 0.3) is 0 Å². The minimum atomic E-state index is -1.84. The van der Waals surface area contributed by atoms with Gasteiger partial charge in [-0.05, 0) is 18.7 Å². The van der Waals surface area contributed by atoms with Gasteiger partial charge in [0.1, 0.15) is 7.14 Å². The van der Waals surface area contributed by atoms with Crippen molar-refractivity contribution in [1.29, 1.82) is 0 Å². The largest absolute Gasteiger partial charge is 0.319 e. The van der Waals surface area contributed by atoms with Gasteiger partial charge in [-0.25, -0.2) is 0 Å². The molecule has 0 amide bonds. The predicted molar refractivity (Wildman–Crippen MR) is 46.0 cm³/mol. The molecule has 0 aliphatic carbocycles. The van der Waals surface area contributed by atoms with Crippen molar-refractivity contribution in [3.8, 4) is 0 Å². The third kappa shape index (κ3) is 1.34. The molecule has 58 valence electrons. The van der Waals surface area contributed by atoms with Crippen molar-refractivity contribution in [2.75, 3.05) is 6.16 Å². The Kier molecular flexibility index (Phi) is 2.36. The number of rotatable bonds is 2. The molecule has 0 aromatic carbocycles. The molecule has 1 nitrogen and oxygen atoms in total. The van der Waals surface area contributed by atoms with Crippen molar-refractivity contribution in [1.82, 2.24) is 0 Å². The van der Waals surface area contributed by atoms with E-state index >= 15 is 0 Å². The average molecular weight is 158 g/mol. The lowest BCUT2D eigenvalue weighted by atomic mass is 10.4. The number of hydrogen-bond acceptors (Lipinski definition) is 1. The quantitative estimate of drug-likeness (QED) is 0.564. The highest BCUT2D eigenvalue weighted by molar-refractivity contribution is 7.68. The third-order valence-corrected chi connectivity index (χ3v) is 5.87. The maximum absolute atomic E-state index is 11.9. The van der Waals surface area contributed by atoms with Gasteiger partial charge in [-0.15, -0.1) is 0 Å². The van der Waals surface area contributed by atoms with Gasteiger partial charge in [0.15, 0.2) is 0 Å². The summed E-state index contributed by atoms with van der Waals surface area (Å²) in [6, 6.07) is 0. The molecule has 1 aliphatic heterocycles. The van der Waals surface area contributed by atoms with E-state index in [0.717, 1.165) is 19.0 Å². The van der Waals surface area contributed by atoms with Gasteiger partial charge in [-0.2, -0.15) is 0 Å². The fourth-order valence-corrected chi connectivity index (χ4v) is 3.84. The first kappa shape index (κ1) is 8.07. The second-order valence-electron chi connectivity index (χ2n) is 3.01. The standard InChI is InChI=1S/C8H15OP/c1-3-8(2)10(9)6-4-5-7-10/h4,6,8H,3,5,7H2,1-2H3. The van der Waals surface area contributed by atoms with E-state index in [4.69, 9.17) is 0 Å². The predicted octanol–water partition coefficient (Wildman–Crippen LogP) is 3.07. The molecule has 1 heterocycles. The summed E-state index contributed by atoms with van der Waals surface area (Å²) >= 11 is 0. The first-order valence-electron chi connectivity index (χ1n) is 3.95. The van der Waals surface area contributed by atoms with Crippen LogP contribution in [0.15, 0.2) is 11.9 Å². The van der Waals surface area contributed by atoms with Gasteiger partial charge in [0.25, 0.3) is 0 Å². The summed E-state index contributed by atoms with van der Waals surface area (Å²) in [6.45, 7) is 4.20. The van der Waals surface area contributed by atoms with E-state index in [0.29, 0.717) is 5.66 Å². The number of hydrogen-bond donors (Lipinski definition) is 0. The van der Waals surface area contributed by atoms with E-state index < -0.39 is 7.14 Å². The van der Waals surface area contributed by atoms with Crippen LogP contribution in [0.5, 0.6) is 0 Å². The van der Waals surface area contributed by atoms with Crippen molar-refractivity contribution in [3.63, 3.8) is 0 Å². The molecule has 10 heavy (non-hydrogen) atoms. The maximum Gasteiger partial charge on any atom is 0.111 e. The van der Waals surface area contributed by atoms with Crippen LogP contribution < -0.4 is 0 Å². The van der Waals surface area contributed by atoms with E-state index in [1.807, 2.05) is 5.82 Å². The Morgan fingerprint density at radius 1 is 1.70 bits per heavy atom. The molecule has 2 atom stereocenters. The lowest BCUT2D eigenvalue weighted by Gasteiger charge is -2.15. The Hall–Kier alpha value is -0.0300. The van der Waals surface area contributed by atoms with Crippen LogP contribution in [-0.4, -0.2) is 11.8 Å². The minimum Gasteiger partial charge on any atom is -0.319 e. The smallest absolute Gasteiger partial charge is 0.111 e. The Bertz CT molecular complexity index is 184. The Labute approximate surface area is 62.9 Å². The van der Waals surface area contributed by atoms with Crippen LogP contribution in [0.4, 0.5) is 0 Å². The van der Waals surface area contributed by atoms with Crippen LogP contribution in [0.1, 0.15) is 26.7 Å². The summed E-state index contributed by atoms with van der Waals surface area (Å²) in [5.41, 5.74) is 0.409. The van der Waals surface area contributed by atoms with E-state index in [-0.39, 0.29) is 0 Å². The summed E-state index contributed by atoms with van der Waals surface area (Å²) < 4.78 is 11.9. The zero-order chi connectivity index (χ0) is 7.61. The molecule has 2 unspecified atom stereocenters. The van der Waals surface area contributed by atoms with Crippen molar-refractivity contribution in [3.05, 3.63) is 11.9 Å². The molecular weight excluding hydrogens is 143 g/mol. The molecule has 0 radical (unpaired) electrons. The molecule has 0 saturated heterocycles. The first-order chi connectivity index (χ1) is 4.69. The SMILES string of the molecule is CCC(C)P1(=O)C=CCC1. The van der Waals surface area contributed by atoms with Crippen LogP contribution in [0, 0.1) is 0 Å². The summed E-state index contributed by atoms with van der Waals surface area (Å²) in [7, 11) is -1.84. The summed E-state index contributed by atoms with van der Waals surface area (Å²) in [5.74, 6) is 1.96. The zero-order valence-electron chi connectivity index (χ0n) is 6.71. The molecule has 0 aromatic heterocycles. The minimum absolute atomic E-state index is 0.409. The second-order valence-corrected chi connectivity index (χ2v) is 6.34. The average Bonchev–Trinajstić information content (AvgIpc) is 2.36. The van der Waals surface area contributed by atoms with E-state index in [9.17, 15) is 4.57 Å². The molecule has 0 spiro atoms. The van der Waals surface area contributed by atoms with Gasteiger partial charge in [0, 0.05) is 11.8 Å². The Balaban J connectivity index is 2.69. The molecule has 0 bridgehead atoms. The Morgan fingerprint density at radius 2 is 2.40 bits per heavy atom. The molecule has 2 heteroatoms. The summed E-state index contributed by atoms with van der Waals surface area (Å²) in [6.07, 6.45) is 5.05. The zero-order valence-corrected chi connectivity index (χ0v) is 7.60. The summed E-state index contributed by atoms with van der Waals surface area (Å²) in [4.78, 5) is 0. The second kappa shape index (κ2) is 2.92. The highest BCUT2D eigenvalue weighted by atomic mass is 31.2. The van der Waals surface area contributed by atoms with Crippen LogP contribution >= 0.6 is 7.14 Å². The monoisotopic (exact) mass is 158 g/mol. The highest BCUT2D eigenvalue weighted by Gasteiger charge is 2.27. The molecule has 0 aromatic rings. The van der Waals surface area contributed by atoms with E-state index in [1.54, 1.807) is 0 Å².